The van der Waals surface area contributed by atoms with Gasteiger partial charge < -0.3 is 14.1 Å². The number of anilines is 1. The van der Waals surface area contributed by atoms with E-state index in [1.54, 1.807) is 11.8 Å². The zero-order valence-corrected chi connectivity index (χ0v) is 19.1. The Labute approximate surface area is 189 Å². The number of rotatable bonds is 4. The molecule has 1 aromatic rings. The molecule has 0 aromatic carbocycles. The van der Waals surface area contributed by atoms with Crippen LogP contribution in [0.1, 0.15) is 70.0 Å². The molecule has 4 fully saturated rings. The number of nitrogens with zero attached hydrogens (tertiary/aromatic N) is 3. The lowest BCUT2D eigenvalue weighted by Crippen LogP contribution is -2.41. The van der Waals surface area contributed by atoms with Gasteiger partial charge in [0.15, 0.2) is 11.1 Å². The van der Waals surface area contributed by atoms with Crippen molar-refractivity contribution in [1.29, 1.82) is 0 Å². The van der Waals surface area contributed by atoms with Gasteiger partial charge in [-0.1, -0.05) is 38.5 Å². The van der Waals surface area contributed by atoms with Crippen molar-refractivity contribution in [3.8, 4) is 0 Å². The van der Waals surface area contributed by atoms with Gasteiger partial charge >= 0.3 is 0 Å². The van der Waals surface area contributed by atoms with Crippen LogP contribution in [-0.4, -0.2) is 54.4 Å². The molecule has 2 saturated carbocycles. The highest BCUT2D eigenvalue weighted by atomic mass is 32.2. The maximum atomic E-state index is 13.5. The van der Waals surface area contributed by atoms with E-state index in [2.05, 4.69) is 4.90 Å². The predicted octanol–water partition coefficient (Wildman–Crippen LogP) is 5.05. The van der Waals surface area contributed by atoms with Crippen LogP contribution in [0.25, 0.3) is 6.08 Å². The lowest BCUT2D eigenvalue weighted by atomic mass is 9.94. The van der Waals surface area contributed by atoms with Gasteiger partial charge in [0.05, 0.1) is 24.2 Å². The van der Waals surface area contributed by atoms with Gasteiger partial charge in [-0.05, 0) is 43.5 Å². The molecule has 2 saturated heterocycles. The van der Waals surface area contributed by atoms with Crippen molar-refractivity contribution >= 4 is 34.8 Å². The minimum Gasteiger partial charge on any atom is -0.441 e. The van der Waals surface area contributed by atoms with Crippen LogP contribution in [0.15, 0.2) is 26.4 Å². The number of amides is 1. The van der Waals surface area contributed by atoms with E-state index in [1.165, 1.54) is 38.5 Å². The Morgan fingerprint density at radius 1 is 0.968 bits per heavy atom. The van der Waals surface area contributed by atoms with Gasteiger partial charge in [0.1, 0.15) is 5.76 Å². The Hall–Kier alpha value is -1.73. The molecule has 168 valence electrons. The molecule has 4 aliphatic rings. The van der Waals surface area contributed by atoms with Crippen molar-refractivity contribution < 1.29 is 13.9 Å². The molecule has 31 heavy (non-hydrogen) atoms. The summed E-state index contributed by atoms with van der Waals surface area (Å²) in [6.07, 6.45) is 13.9. The largest absolute Gasteiger partial charge is 0.441 e. The molecule has 3 heterocycles. The molecule has 2 aliphatic heterocycles. The number of carbonyl (C=O) groups is 1. The first-order valence-corrected chi connectivity index (χ1v) is 12.8. The molecule has 0 radical (unpaired) electrons. The summed E-state index contributed by atoms with van der Waals surface area (Å²) in [5, 5.41) is 0.926. The number of ether oxygens (including phenoxy) is 1. The number of thioether (sulfide) groups is 1. The van der Waals surface area contributed by atoms with Crippen LogP contribution in [0.2, 0.25) is 0 Å². The highest BCUT2D eigenvalue weighted by Gasteiger charge is 2.39. The molecule has 0 spiro atoms. The van der Waals surface area contributed by atoms with Gasteiger partial charge in [0.2, 0.25) is 0 Å². The second-order valence-corrected chi connectivity index (χ2v) is 10.1. The zero-order valence-electron chi connectivity index (χ0n) is 18.3. The molecule has 0 bridgehead atoms. The number of aliphatic imine (C=N–C) groups is 1. The van der Waals surface area contributed by atoms with E-state index >= 15 is 0 Å². The van der Waals surface area contributed by atoms with E-state index in [0.717, 1.165) is 73.7 Å². The third-order valence-electron chi connectivity index (χ3n) is 6.85. The van der Waals surface area contributed by atoms with E-state index < -0.39 is 0 Å². The zero-order chi connectivity index (χ0) is 21.0. The van der Waals surface area contributed by atoms with Crippen LogP contribution >= 0.6 is 11.8 Å². The number of amidine groups is 1. The molecule has 5 rings (SSSR count). The summed E-state index contributed by atoms with van der Waals surface area (Å²) in [5.41, 5.74) is 0. The standard InChI is InChI=1S/C24H33N3O3S/c28-23-21(17-20-11-12-22(30-20)26-13-15-29-16-14-26)31-24(25-18-7-3-1-4-8-18)27(23)19-9-5-2-6-10-19/h11-12,17-19H,1-10,13-16H2/b21-17-,25-24?. The second kappa shape index (κ2) is 9.82. The molecule has 0 atom stereocenters. The summed E-state index contributed by atoms with van der Waals surface area (Å²) in [4.78, 5) is 23.5. The minimum atomic E-state index is 0.107. The van der Waals surface area contributed by atoms with Crippen LogP contribution in [0.5, 0.6) is 0 Å². The van der Waals surface area contributed by atoms with Gasteiger partial charge in [0.25, 0.3) is 5.91 Å². The van der Waals surface area contributed by atoms with Crippen LogP contribution in [0.4, 0.5) is 5.88 Å². The van der Waals surface area contributed by atoms with Crippen molar-refractivity contribution in [2.75, 3.05) is 31.2 Å². The summed E-state index contributed by atoms with van der Waals surface area (Å²) in [6.45, 7) is 3.13. The molecule has 6 nitrogen and oxygen atoms in total. The summed E-state index contributed by atoms with van der Waals surface area (Å²) in [5.74, 6) is 1.70. The number of hydrogen-bond donors (Lipinski definition) is 0. The Morgan fingerprint density at radius 3 is 2.42 bits per heavy atom. The average molecular weight is 444 g/mol. The first kappa shape index (κ1) is 21.1. The smallest absolute Gasteiger partial charge is 0.267 e. The molecule has 2 aliphatic carbocycles. The van der Waals surface area contributed by atoms with Crippen LogP contribution in [0, 0.1) is 0 Å². The molecule has 0 unspecified atom stereocenters. The number of morpholine rings is 1. The fourth-order valence-electron chi connectivity index (χ4n) is 5.11. The minimum absolute atomic E-state index is 0.107. The quantitative estimate of drug-likeness (QED) is 0.609. The molecule has 1 aromatic heterocycles. The first-order valence-electron chi connectivity index (χ1n) is 12.0. The van der Waals surface area contributed by atoms with Gasteiger partial charge in [-0.25, -0.2) is 0 Å². The summed E-state index contributed by atoms with van der Waals surface area (Å²) in [7, 11) is 0. The summed E-state index contributed by atoms with van der Waals surface area (Å²) < 4.78 is 11.5. The Bertz CT molecular complexity index is 831. The number of carbonyl (C=O) groups excluding carboxylic acids is 1. The van der Waals surface area contributed by atoms with Gasteiger partial charge in [-0.2, -0.15) is 0 Å². The molecule has 7 heteroatoms. The van der Waals surface area contributed by atoms with E-state index in [1.807, 2.05) is 23.1 Å². The van der Waals surface area contributed by atoms with Crippen molar-refractivity contribution in [3.63, 3.8) is 0 Å². The summed E-state index contributed by atoms with van der Waals surface area (Å²) in [6, 6.07) is 4.62. The number of furan rings is 1. The fraction of sp³-hybridized carbons (Fsp3) is 0.667. The van der Waals surface area contributed by atoms with Crippen molar-refractivity contribution in [2.24, 2.45) is 4.99 Å². The molecule has 1 amide bonds. The van der Waals surface area contributed by atoms with Crippen LogP contribution in [0.3, 0.4) is 0 Å². The maximum absolute atomic E-state index is 13.5. The van der Waals surface area contributed by atoms with Crippen molar-refractivity contribution in [2.45, 2.75) is 76.3 Å². The maximum Gasteiger partial charge on any atom is 0.267 e. The number of hydrogen-bond acceptors (Lipinski definition) is 6. The topological polar surface area (TPSA) is 58.3 Å². The Kier molecular flexibility index (Phi) is 6.69. The highest BCUT2D eigenvalue weighted by Crippen LogP contribution is 2.38. The van der Waals surface area contributed by atoms with E-state index in [-0.39, 0.29) is 5.91 Å². The van der Waals surface area contributed by atoms with E-state index in [0.29, 0.717) is 12.1 Å². The van der Waals surface area contributed by atoms with Gasteiger partial charge in [0, 0.05) is 31.3 Å². The van der Waals surface area contributed by atoms with Crippen molar-refractivity contribution in [1.82, 2.24) is 4.90 Å². The lowest BCUT2D eigenvalue weighted by Gasteiger charge is -2.31. The average Bonchev–Trinajstić information content (AvgIpc) is 3.40. The van der Waals surface area contributed by atoms with Crippen LogP contribution in [-0.2, 0) is 9.53 Å². The SMILES string of the molecule is O=C1/C(=C/c2ccc(N3CCOCC3)o2)SC(=NC2CCCCC2)N1C1CCCCC1. The normalized spacial score (nSPS) is 27.0. The van der Waals surface area contributed by atoms with Crippen molar-refractivity contribution in [3.05, 3.63) is 22.8 Å². The van der Waals surface area contributed by atoms with Gasteiger partial charge in [-0.3, -0.25) is 14.7 Å². The fourth-order valence-corrected chi connectivity index (χ4v) is 6.20. The Morgan fingerprint density at radius 2 is 1.68 bits per heavy atom. The van der Waals surface area contributed by atoms with E-state index in [9.17, 15) is 4.79 Å². The lowest BCUT2D eigenvalue weighted by molar-refractivity contribution is -0.124. The van der Waals surface area contributed by atoms with Crippen LogP contribution < -0.4 is 4.90 Å². The van der Waals surface area contributed by atoms with E-state index in [4.69, 9.17) is 14.1 Å². The van der Waals surface area contributed by atoms with Gasteiger partial charge in [-0.15, -0.1) is 0 Å². The summed E-state index contributed by atoms with van der Waals surface area (Å²) >= 11 is 1.55. The monoisotopic (exact) mass is 443 g/mol. The Balaban J connectivity index is 1.37. The highest BCUT2D eigenvalue weighted by molar-refractivity contribution is 8.18. The molecule has 0 N–H and O–H groups in total. The third kappa shape index (κ3) is 4.87. The molecular weight excluding hydrogens is 410 g/mol. The molecular formula is C24H33N3O3S. The predicted molar refractivity (Wildman–Crippen MR) is 125 cm³/mol. The first-order chi connectivity index (χ1) is 15.3. The second-order valence-electron chi connectivity index (χ2n) is 9.06. The third-order valence-corrected chi connectivity index (χ3v) is 7.85.